The molecule has 8 nitrogen and oxygen atoms in total. The van der Waals surface area contributed by atoms with Gasteiger partial charge in [0.1, 0.15) is 17.7 Å². The minimum atomic E-state index is 0.000470. The van der Waals surface area contributed by atoms with Crippen molar-refractivity contribution in [1.82, 2.24) is 14.9 Å². The van der Waals surface area contributed by atoms with Crippen LogP contribution in [0.3, 0.4) is 0 Å². The first kappa shape index (κ1) is 25.5. The van der Waals surface area contributed by atoms with E-state index in [9.17, 15) is 0 Å². The lowest BCUT2D eigenvalue weighted by Crippen LogP contribution is -2.36. The fraction of sp³-hybridized carbons (Fsp3) is 0.517. The Balaban J connectivity index is 1.50. The molecule has 2 aromatic carbocycles. The second kappa shape index (κ2) is 11.5. The van der Waals surface area contributed by atoms with Crippen molar-refractivity contribution in [3.8, 4) is 11.8 Å². The monoisotopic (exact) mass is 505 g/mol. The van der Waals surface area contributed by atoms with Gasteiger partial charge in [-0.2, -0.15) is 9.97 Å². The Bertz CT molecular complexity index is 1210. The van der Waals surface area contributed by atoms with E-state index >= 15 is 0 Å². The van der Waals surface area contributed by atoms with Gasteiger partial charge in [0, 0.05) is 56.0 Å². The second-order valence-corrected chi connectivity index (χ2v) is 10.4. The highest BCUT2D eigenvalue weighted by Crippen LogP contribution is 2.37. The van der Waals surface area contributed by atoms with Crippen LogP contribution in [0.1, 0.15) is 37.4 Å². The number of piperidine rings is 1. The van der Waals surface area contributed by atoms with Crippen LogP contribution >= 0.6 is 0 Å². The number of hydrogen-bond acceptors (Lipinski definition) is 8. The van der Waals surface area contributed by atoms with Crippen LogP contribution in [0.4, 0.5) is 11.5 Å². The van der Waals surface area contributed by atoms with Crippen molar-refractivity contribution in [2.24, 2.45) is 0 Å². The molecule has 0 spiro atoms. The Morgan fingerprint density at radius 1 is 1.00 bits per heavy atom. The summed E-state index contributed by atoms with van der Waals surface area (Å²) in [6.07, 6.45) is 4.60. The van der Waals surface area contributed by atoms with Gasteiger partial charge in [0.25, 0.3) is 0 Å². The molecule has 0 amide bonds. The van der Waals surface area contributed by atoms with Gasteiger partial charge in [-0.1, -0.05) is 24.3 Å². The molecule has 0 aliphatic carbocycles. The minimum Gasteiger partial charge on any atom is -0.467 e. The third kappa shape index (κ3) is 5.91. The molecule has 0 bridgehead atoms. The van der Waals surface area contributed by atoms with E-state index in [0.29, 0.717) is 12.6 Å². The summed E-state index contributed by atoms with van der Waals surface area (Å²) in [6.45, 7) is 6.80. The molecule has 8 heteroatoms. The third-order valence-corrected chi connectivity index (χ3v) is 7.10. The van der Waals surface area contributed by atoms with E-state index in [4.69, 9.17) is 24.2 Å². The molecule has 0 N–H and O–H groups in total. The number of likely N-dealkylation sites (N-methyl/N-ethyl adjacent to an activating group) is 1. The molecule has 0 unspecified atom stereocenters. The van der Waals surface area contributed by atoms with Gasteiger partial charge in [0.05, 0.1) is 12.2 Å². The standard InChI is InChI=1S/C29H39N5O3/c1-21(18-32(2)3)37-29-30-26-19-34(15-12-25(26)28(31-29)33-13-8-5-9-14-33)27-17-23(36-20-35-4)16-22-10-6-7-11-24(22)27/h6-7,10-11,16-17,21H,5,8-9,12-15,18-20H2,1-4H3/t21-/m1/s1. The maximum atomic E-state index is 6.25. The molecule has 37 heavy (non-hydrogen) atoms. The van der Waals surface area contributed by atoms with Gasteiger partial charge in [-0.05, 0) is 58.2 Å². The number of ether oxygens (including phenoxy) is 3. The van der Waals surface area contributed by atoms with Crippen LogP contribution in [0.15, 0.2) is 36.4 Å². The van der Waals surface area contributed by atoms with Gasteiger partial charge < -0.3 is 28.9 Å². The summed E-state index contributed by atoms with van der Waals surface area (Å²) in [6, 6.07) is 13.1. The van der Waals surface area contributed by atoms with Gasteiger partial charge in [-0.25, -0.2) is 0 Å². The molecule has 2 aliphatic heterocycles. The molecule has 5 rings (SSSR count). The van der Waals surface area contributed by atoms with E-state index in [-0.39, 0.29) is 12.9 Å². The predicted molar refractivity (Wildman–Crippen MR) is 148 cm³/mol. The van der Waals surface area contributed by atoms with Gasteiger partial charge in [0.15, 0.2) is 6.79 Å². The van der Waals surface area contributed by atoms with Crippen molar-refractivity contribution in [3.05, 3.63) is 47.7 Å². The first-order chi connectivity index (χ1) is 18.0. The highest BCUT2D eigenvalue weighted by molar-refractivity contribution is 5.95. The van der Waals surface area contributed by atoms with Crippen LogP contribution in [0.25, 0.3) is 10.8 Å². The summed E-state index contributed by atoms with van der Waals surface area (Å²) < 4.78 is 17.3. The summed E-state index contributed by atoms with van der Waals surface area (Å²) in [7, 11) is 5.75. The van der Waals surface area contributed by atoms with Crippen LogP contribution < -0.4 is 19.3 Å². The molecule has 1 atom stereocenters. The average Bonchev–Trinajstić information content (AvgIpc) is 2.90. The zero-order valence-corrected chi connectivity index (χ0v) is 22.6. The normalized spacial score (nSPS) is 16.7. The lowest BCUT2D eigenvalue weighted by molar-refractivity contribution is 0.0512. The molecule has 1 fully saturated rings. The van der Waals surface area contributed by atoms with Crippen molar-refractivity contribution in [3.63, 3.8) is 0 Å². The zero-order chi connectivity index (χ0) is 25.8. The summed E-state index contributed by atoms with van der Waals surface area (Å²) in [5, 5.41) is 2.35. The molecule has 1 aromatic heterocycles. The Morgan fingerprint density at radius 3 is 2.59 bits per heavy atom. The number of anilines is 2. The smallest absolute Gasteiger partial charge is 0.318 e. The van der Waals surface area contributed by atoms with E-state index in [2.05, 4.69) is 72.1 Å². The number of hydrogen-bond donors (Lipinski definition) is 0. The largest absolute Gasteiger partial charge is 0.467 e. The number of aromatic nitrogens is 2. The summed E-state index contributed by atoms with van der Waals surface area (Å²) in [4.78, 5) is 16.9. The van der Waals surface area contributed by atoms with Crippen LogP contribution in [-0.4, -0.2) is 75.1 Å². The van der Waals surface area contributed by atoms with Crippen LogP contribution in [-0.2, 0) is 17.7 Å². The van der Waals surface area contributed by atoms with E-state index in [0.717, 1.165) is 60.9 Å². The van der Waals surface area contributed by atoms with E-state index in [1.807, 2.05) is 0 Å². The number of fused-ring (bicyclic) bond motifs is 2. The SMILES string of the molecule is COCOc1cc(N2CCc3c(nc(O[C@H](C)CN(C)C)nc3N3CCCCC3)C2)c2ccccc2c1. The van der Waals surface area contributed by atoms with Crippen molar-refractivity contribution in [2.45, 2.75) is 45.3 Å². The van der Waals surface area contributed by atoms with Gasteiger partial charge in [0.2, 0.25) is 0 Å². The average molecular weight is 506 g/mol. The van der Waals surface area contributed by atoms with E-state index < -0.39 is 0 Å². The van der Waals surface area contributed by atoms with Gasteiger partial charge in [-0.15, -0.1) is 0 Å². The fourth-order valence-electron chi connectivity index (χ4n) is 5.48. The summed E-state index contributed by atoms with van der Waals surface area (Å²) >= 11 is 0. The Labute approximate surface area is 220 Å². The van der Waals surface area contributed by atoms with Crippen LogP contribution in [0, 0.1) is 0 Å². The molecule has 1 saturated heterocycles. The van der Waals surface area contributed by atoms with Gasteiger partial charge >= 0.3 is 6.01 Å². The van der Waals surface area contributed by atoms with Gasteiger partial charge in [-0.3, -0.25) is 0 Å². The fourth-order valence-corrected chi connectivity index (χ4v) is 5.48. The first-order valence-corrected chi connectivity index (χ1v) is 13.4. The predicted octanol–water partition coefficient (Wildman–Crippen LogP) is 4.49. The number of methoxy groups -OCH3 is 1. The molecule has 2 aliphatic rings. The zero-order valence-electron chi connectivity index (χ0n) is 22.6. The third-order valence-electron chi connectivity index (χ3n) is 7.10. The highest BCUT2D eigenvalue weighted by Gasteiger charge is 2.28. The topological polar surface area (TPSA) is 63.2 Å². The van der Waals surface area contributed by atoms with Crippen LogP contribution in [0.5, 0.6) is 11.8 Å². The quantitative estimate of drug-likeness (QED) is 0.394. The maximum absolute atomic E-state index is 6.25. The number of benzene rings is 2. The molecule has 3 heterocycles. The summed E-state index contributed by atoms with van der Waals surface area (Å²) in [5.41, 5.74) is 3.47. The molecule has 0 saturated carbocycles. The molecular formula is C29H39N5O3. The van der Waals surface area contributed by atoms with Crippen LogP contribution in [0.2, 0.25) is 0 Å². The van der Waals surface area contributed by atoms with Crippen molar-refractivity contribution >= 4 is 22.3 Å². The molecule has 0 radical (unpaired) electrons. The number of rotatable bonds is 9. The first-order valence-electron chi connectivity index (χ1n) is 13.4. The van der Waals surface area contributed by atoms with Crippen molar-refractivity contribution < 1.29 is 14.2 Å². The molecule has 198 valence electrons. The lowest BCUT2D eigenvalue weighted by atomic mass is 10.0. The summed E-state index contributed by atoms with van der Waals surface area (Å²) in [5.74, 6) is 1.87. The minimum absolute atomic E-state index is 0.000470. The van der Waals surface area contributed by atoms with Crippen molar-refractivity contribution in [2.75, 3.05) is 64.0 Å². The van der Waals surface area contributed by atoms with E-state index in [1.54, 1.807) is 7.11 Å². The Kier molecular flexibility index (Phi) is 7.96. The maximum Gasteiger partial charge on any atom is 0.318 e. The second-order valence-electron chi connectivity index (χ2n) is 10.4. The van der Waals surface area contributed by atoms with Crippen molar-refractivity contribution in [1.29, 1.82) is 0 Å². The Morgan fingerprint density at radius 2 is 1.81 bits per heavy atom. The lowest BCUT2D eigenvalue weighted by Gasteiger charge is -2.35. The van der Waals surface area contributed by atoms with E-state index in [1.165, 1.54) is 30.2 Å². The number of nitrogens with zero attached hydrogens (tertiary/aromatic N) is 5. The molecular weight excluding hydrogens is 466 g/mol. The Hall–Kier alpha value is -3.10. The molecule has 3 aromatic rings. The highest BCUT2D eigenvalue weighted by atomic mass is 16.7.